The van der Waals surface area contributed by atoms with Crippen molar-refractivity contribution in [3.8, 4) is 0 Å². The first-order valence-corrected chi connectivity index (χ1v) is 14.2. The molecule has 0 atom stereocenters. The number of esters is 1. The molecule has 0 amide bonds. The fraction of sp³-hybridized carbons (Fsp3) is 0.800. The Kier molecular flexibility index (Phi) is 11.0. The second kappa shape index (κ2) is 12.7. The molecular formula is C30H47ClF2O4. The van der Waals surface area contributed by atoms with Gasteiger partial charge in [0.15, 0.2) is 0 Å². The topological polar surface area (TPSA) is 63.6 Å². The van der Waals surface area contributed by atoms with Gasteiger partial charge in [-0.3, -0.25) is 14.2 Å². The molecular weight excluding hydrogens is 498 g/mol. The van der Waals surface area contributed by atoms with Gasteiger partial charge in [0.2, 0.25) is 5.24 Å². The smallest absolute Gasteiger partial charge is 0.333 e. The molecule has 8 aliphatic rings. The number of carbonyl (C=O) groups excluding carboxylic acids is 2. The maximum atomic E-state index is 11.5. The summed E-state index contributed by atoms with van der Waals surface area (Å²) >= 11 is 4.87. The predicted molar refractivity (Wildman–Crippen MR) is 145 cm³/mol. The molecule has 0 aromatic carbocycles. The van der Waals surface area contributed by atoms with Crippen LogP contribution in [0.3, 0.4) is 0 Å². The highest BCUT2D eigenvalue weighted by atomic mass is 35.5. The third-order valence-corrected chi connectivity index (χ3v) is 10.2. The quantitative estimate of drug-likeness (QED) is 0.227. The lowest BCUT2D eigenvalue weighted by Gasteiger charge is -2.56. The fourth-order valence-electron chi connectivity index (χ4n) is 9.29. The van der Waals surface area contributed by atoms with Gasteiger partial charge >= 0.3 is 5.97 Å². The summed E-state index contributed by atoms with van der Waals surface area (Å²) in [6.07, 6.45) is 16.7. The molecule has 0 aromatic heterocycles. The monoisotopic (exact) mass is 544 g/mol. The normalized spacial score (nSPS) is 39.0. The number of allylic oxidation sites excluding steroid dienone is 1. The van der Waals surface area contributed by atoms with Crippen LogP contribution >= 0.6 is 11.6 Å². The number of carbonyl (C=O) groups is 2. The van der Waals surface area contributed by atoms with Crippen LogP contribution in [0.4, 0.5) is 9.41 Å². The lowest BCUT2D eigenvalue weighted by atomic mass is 9.50. The zero-order chi connectivity index (χ0) is 25.4. The van der Waals surface area contributed by atoms with E-state index >= 15 is 0 Å². The van der Waals surface area contributed by atoms with E-state index in [9.17, 15) is 14.7 Å². The van der Waals surface area contributed by atoms with Crippen LogP contribution in [-0.2, 0) is 14.3 Å². The number of aliphatic hydroxyl groups is 1. The highest BCUT2D eigenvalue weighted by Gasteiger charge is 2.52. The number of rotatable bonds is 5. The highest BCUT2D eigenvalue weighted by Crippen LogP contribution is 2.60. The van der Waals surface area contributed by atoms with Crippen molar-refractivity contribution in [2.45, 2.75) is 90.9 Å². The molecule has 4 nitrogen and oxygen atoms in total. The van der Waals surface area contributed by atoms with E-state index in [1.807, 2.05) is 0 Å². The molecule has 0 aliphatic heterocycles. The van der Waals surface area contributed by atoms with E-state index in [2.05, 4.69) is 13.2 Å². The summed E-state index contributed by atoms with van der Waals surface area (Å²) < 4.78 is 5.45. The first-order chi connectivity index (χ1) is 16.5. The molecule has 8 aliphatic carbocycles. The van der Waals surface area contributed by atoms with E-state index < -0.39 is 5.24 Å². The zero-order valence-electron chi connectivity index (χ0n) is 22.6. The van der Waals surface area contributed by atoms with Crippen LogP contribution in [0.15, 0.2) is 24.3 Å². The molecule has 0 aromatic rings. The van der Waals surface area contributed by atoms with Crippen molar-refractivity contribution in [3.05, 3.63) is 24.3 Å². The lowest BCUT2D eigenvalue weighted by molar-refractivity contribution is -0.150. The van der Waals surface area contributed by atoms with Crippen molar-refractivity contribution >= 4 is 22.8 Å². The number of aliphatic hydroxyl groups excluding tert-OH is 1. The van der Waals surface area contributed by atoms with E-state index in [1.54, 1.807) is 13.8 Å². The first kappa shape index (κ1) is 31.9. The molecule has 37 heavy (non-hydrogen) atoms. The molecule has 8 saturated carbocycles. The standard InChI is InChI=1S/C15H22O2.C11H18O.C4H5ClO.2FH/c1-10(2)14(16)17-9-15-6-11-3-12(7-15)5-13(4-11)8-15;12-7-11-4-8-1-9(5-11)3-10(2-8)6-11;1-3(2)4(5)6;;/h11-13H,1,3-9H2,2H3;8-10,12H,1-7H2;1H2,2H3;2*1H. The average molecular weight is 545 g/mol. The Morgan fingerprint density at radius 1 is 0.730 bits per heavy atom. The second-order valence-electron chi connectivity index (χ2n) is 13.4. The van der Waals surface area contributed by atoms with Crippen molar-refractivity contribution in [2.24, 2.45) is 46.3 Å². The SMILES string of the molecule is C=C(C)C(=O)Cl.C=C(C)C(=O)OCC12CC3CC(CC(C3)C1)C2.F.F.OCC12CC3CC(CC(C3)C1)C2. The van der Waals surface area contributed by atoms with Crippen LogP contribution in [0.1, 0.15) is 90.9 Å². The minimum Gasteiger partial charge on any atom is -0.462 e. The maximum absolute atomic E-state index is 11.5. The summed E-state index contributed by atoms with van der Waals surface area (Å²) in [5, 5.41) is 8.97. The van der Waals surface area contributed by atoms with E-state index in [4.69, 9.17) is 16.3 Å². The minimum absolute atomic E-state index is 0. The van der Waals surface area contributed by atoms with E-state index in [0.717, 1.165) is 35.5 Å². The summed E-state index contributed by atoms with van der Waals surface area (Å²) in [5.74, 6) is 5.52. The molecule has 0 radical (unpaired) electrons. The summed E-state index contributed by atoms with van der Waals surface area (Å²) in [6.45, 7) is 11.3. The van der Waals surface area contributed by atoms with E-state index in [0.29, 0.717) is 35.2 Å². The van der Waals surface area contributed by atoms with Crippen molar-refractivity contribution in [2.75, 3.05) is 13.2 Å². The van der Waals surface area contributed by atoms with Gasteiger partial charge in [0.1, 0.15) is 0 Å². The van der Waals surface area contributed by atoms with E-state index in [1.165, 1.54) is 77.0 Å². The summed E-state index contributed by atoms with van der Waals surface area (Å²) in [7, 11) is 0. The van der Waals surface area contributed by atoms with Gasteiger partial charge in [-0.05, 0) is 143 Å². The van der Waals surface area contributed by atoms with Gasteiger partial charge in [0.05, 0.1) is 6.61 Å². The Balaban J connectivity index is 0.000000212. The highest BCUT2D eigenvalue weighted by molar-refractivity contribution is 6.67. The average Bonchev–Trinajstić information content (AvgIpc) is 2.76. The molecule has 8 rings (SSSR count). The number of hydrogen-bond acceptors (Lipinski definition) is 4. The summed E-state index contributed by atoms with van der Waals surface area (Å²) in [6, 6.07) is 0. The molecule has 8 bridgehead atoms. The van der Waals surface area contributed by atoms with Crippen LogP contribution in [-0.4, -0.2) is 29.5 Å². The van der Waals surface area contributed by atoms with Crippen molar-refractivity contribution in [1.82, 2.24) is 0 Å². The van der Waals surface area contributed by atoms with Crippen LogP contribution in [0, 0.1) is 46.3 Å². The maximum Gasteiger partial charge on any atom is 0.333 e. The molecule has 0 saturated heterocycles. The summed E-state index contributed by atoms with van der Waals surface area (Å²) in [5.41, 5.74) is 1.64. The van der Waals surface area contributed by atoms with Gasteiger partial charge in [-0.15, -0.1) is 0 Å². The molecule has 1 N–H and O–H groups in total. The Morgan fingerprint density at radius 2 is 1.03 bits per heavy atom. The predicted octanol–water partition coefficient (Wildman–Crippen LogP) is 7.15. The van der Waals surface area contributed by atoms with Gasteiger partial charge in [0.25, 0.3) is 0 Å². The number of hydrogen-bond donors (Lipinski definition) is 1. The molecule has 0 unspecified atom stereocenters. The molecule has 7 heteroatoms. The van der Waals surface area contributed by atoms with Gasteiger partial charge in [-0.1, -0.05) is 13.2 Å². The Labute approximate surface area is 226 Å². The molecule has 0 heterocycles. The Morgan fingerprint density at radius 3 is 1.27 bits per heavy atom. The van der Waals surface area contributed by atoms with Gasteiger partial charge in [0, 0.05) is 23.2 Å². The number of ether oxygens (including phenoxy) is 1. The third kappa shape index (κ3) is 7.65. The number of halogens is 3. The van der Waals surface area contributed by atoms with Crippen LogP contribution < -0.4 is 0 Å². The van der Waals surface area contributed by atoms with Crippen molar-refractivity contribution < 1.29 is 28.8 Å². The second-order valence-corrected chi connectivity index (χ2v) is 13.7. The van der Waals surface area contributed by atoms with Crippen molar-refractivity contribution in [3.63, 3.8) is 0 Å². The molecule has 0 spiro atoms. The largest absolute Gasteiger partial charge is 0.462 e. The lowest BCUT2D eigenvalue weighted by Crippen LogP contribution is -2.48. The van der Waals surface area contributed by atoms with Gasteiger partial charge in [-0.25, -0.2) is 4.79 Å². The first-order valence-electron chi connectivity index (χ1n) is 13.8. The van der Waals surface area contributed by atoms with E-state index in [-0.39, 0.29) is 15.4 Å². The van der Waals surface area contributed by atoms with Crippen LogP contribution in [0.2, 0.25) is 0 Å². The van der Waals surface area contributed by atoms with Gasteiger partial charge in [-0.2, -0.15) is 0 Å². The Bertz CT molecular complexity index is 772. The van der Waals surface area contributed by atoms with Gasteiger partial charge < -0.3 is 9.84 Å². The van der Waals surface area contributed by atoms with Crippen LogP contribution in [0.5, 0.6) is 0 Å². The van der Waals surface area contributed by atoms with Crippen molar-refractivity contribution in [1.29, 1.82) is 0 Å². The third-order valence-electron chi connectivity index (χ3n) is 9.86. The summed E-state index contributed by atoms with van der Waals surface area (Å²) in [4.78, 5) is 21.3. The zero-order valence-corrected chi connectivity index (χ0v) is 23.4. The molecule has 212 valence electrons. The fourth-order valence-corrected chi connectivity index (χ4v) is 9.29. The Hall–Kier alpha value is -1.27. The minimum atomic E-state index is -0.463. The molecule has 8 fully saturated rings. The van der Waals surface area contributed by atoms with Crippen LogP contribution in [0.25, 0.3) is 0 Å².